The first kappa shape index (κ1) is 12.8. The Labute approximate surface area is 102 Å². The highest BCUT2D eigenvalue weighted by atomic mass is 16.5. The third kappa shape index (κ3) is 4.26. The minimum atomic E-state index is -0.711. The van der Waals surface area contributed by atoms with Gasteiger partial charge in [0.15, 0.2) is 0 Å². The number of carbonyl (C=O) groups is 1. The van der Waals surface area contributed by atoms with E-state index in [9.17, 15) is 4.79 Å². The number of nitrogens with zero attached hydrogens (tertiary/aromatic N) is 2. The molecule has 0 spiro atoms. The zero-order valence-electron chi connectivity index (χ0n) is 10.5. The Morgan fingerprint density at radius 3 is 2.88 bits per heavy atom. The third-order valence-corrected chi connectivity index (χ3v) is 3.46. The quantitative estimate of drug-likeness (QED) is 0.724. The zero-order chi connectivity index (χ0) is 12.3. The van der Waals surface area contributed by atoms with Crippen molar-refractivity contribution in [3.63, 3.8) is 0 Å². The Hall–Kier alpha value is -0.650. The zero-order valence-corrected chi connectivity index (χ0v) is 10.5. The van der Waals surface area contributed by atoms with E-state index in [1.807, 2.05) is 0 Å². The van der Waals surface area contributed by atoms with E-state index in [0.717, 1.165) is 26.2 Å². The number of hydrogen-bond acceptors (Lipinski definition) is 4. The molecule has 1 heterocycles. The summed E-state index contributed by atoms with van der Waals surface area (Å²) in [6.07, 6.45) is 2.90. The van der Waals surface area contributed by atoms with E-state index in [4.69, 9.17) is 9.84 Å². The van der Waals surface area contributed by atoms with Crippen molar-refractivity contribution in [2.45, 2.75) is 31.4 Å². The van der Waals surface area contributed by atoms with Gasteiger partial charge in [-0.2, -0.15) is 0 Å². The Kier molecular flexibility index (Phi) is 4.36. The molecule has 5 nitrogen and oxygen atoms in total. The van der Waals surface area contributed by atoms with Gasteiger partial charge in [0.05, 0.1) is 19.1 Å². The predicted molar refractivity (Wildman–Crippen MR) is 64.1 cm³/mol. The molecule has 1 saturated heterocycles. The molecule has 98 valence electrons. The molecule has 0 radical (unpaired) electrons. The first-order valence-electron chi connectivity index (χ1n) is 6.41. The molecule has 1 saturated carbocycles. The summed E-state index contributed by atoms with van der Waals surface area (Å²) in [7, 11) is 2.11. The van der Waals surface area contributed by atoms with Crippen molar-refractivity contribution in [3.8, 4) is 0 Å². The number of hydrogen-bond donors (Lipinski definition) is 1. The van der Waals surface area contributed by atoms with E-state index in [2.05, 4.69) is 16.8 Å². The van der Waals surface area contributed by atoms with E-state index in [1.165, 1.54) is 12.8 Å². The Bertz CT molecular complexity index is 268. The minimum Gasteiger partial charge on any atom is -0.481 e. The van der Waals surface area contributed by atoms with Crippen molar-refractivity contribution in [3.05, 3.63) is 0 Å². The van der Waals surface area contributed by atoms with Crippen molar-refractivity contribution in [1.82, 2.24) is 9.80 Å². The van der Waals surface area contributed by atoms with Crippen LogP contribution in [0.25, 0.3) is 0 Å². The second kappa shape index (κ2) is 5.80. The molecule has 1 atom stereocenters. The van der Waals surface area contributed by atoms with Gasteiger partial charge in [0.1, 0.15) is 0 Å². The number of morpholine rings is 1. The van der Waals surface area contributed by atoms with Crippen LogP contribution in [-0.4, -0.2) is 72.9 Å². The molecule has 1 unspecified atom stereocenters. The Balaban J connectivity index is 1.77. The van der Waals surface area contributed by atoms with Crippen LogP contribution in [0.4, 0.5) is 0 Å². The van der Waals surface area contributed by atoms with Crippen molar-refractivity contribution >= 4 is 5.97 Å². The molecule has 0 bridgehead atoms. The van der Waals surface area contributed by atoms with Gasteiger partial charge in [0.25, 0.3) is 0 Å². The SMILES string of the molecule is CN1CCOC(CN(CCC(=O)O)C2CC2)C1. The van der Waals surface area contributed by atoms with Gasteiger partial charge in [-0.25, -0.2) is 0 Å². The van der Waals surface area contributed by atoms with Crippen LogP contribution in [0.3, 0.4) is 0 Å². The lowest BCUT2D eigenvalue weighted by Gasteiger charge is -2.33. The second-order valence-corrected chi connectivity index (χ2v) is 5.12. The monoisotopic (exact) mass is 242 g/mol. The third-order valence-electron chi connectivity index (χ3n) is 3.46. The smallest absolute Gasteiger partial charge is 0.304 e. The van der Waals surface area contributed by atoms with Gasteiger partial charge in [0.2, 0.25) is 0 Å². The summed E-state index contributed by atoms with van der Waals surface area (Å²) in [4.78, 5) is 15.2. The molecule has 1 aliphatic heterocycles. The lowest BCUT2D eigenvalue weighted by molar-refractivity contribution is -0.137. The Morgan fingerprint density at radius 2 is 2.29 bits per heavy atom. The fourth-order valence-electron chi connectivity index (χ4n) is 2.34. The highest BCUT2D eigenvalue weighted by molar-refractivity contribution is 5.66. The molecule has 0 aromatic carbocycles. The predicted octanol–water partition coefficient (Wildman–Crippen LogP) is 0.256. The van der Waals surface area contributed by atoms with E-state index in [1.54, 1.807) is 0 Å². The standard InChI is InChI=1S/C12H22N2O3/c1-13-6-7-17-11(8-13)9-14(10-2-3-10)5-4-12(15)16/h10-11H,2-9H2,1H3,(H,15,16). The fraction of sp³-hybridized carbons (Fsp3) is 0.917. The summed E-state index contributed by atoms with van der Waals surface area (Å²) >= 11 is 0. The number of rotatable bonds is 6. The molecule has 17 heavy (non-hydrogen) atoms. The topological polar surface area (TPSA) is 53.0 Å². The van der Waals surface area contributed by atoms with Gasteiger partial charge in [-0.15, -0.1) is 0 Å². The van der Waals surface area contributed by atoms with Crippen LogP contribution in [0.15, 0.2) is 0 Å². The van der Waals surface area contributed by atoms with Gasteiger partial charge < -0.3 is 14.7 Å². The lowest BCUT2D eigenvalue weighted by Crippen LogP contribution is -2.47. The minimum absolute atomic E-state index is 0.235. The molecule has 0 amide bonds. The summed E-state index contributed by atoms with van der Waals surface area (Å²) in [5.74, 6) is -0.711. The summed E-state index contributed by atoms with van der Waals surface area (Å²) in [6.45, 7) is 4.27. The number of carboxylic acids is 1. The maximum Gasteiger partial charge on any atom is 0.304 e. The molecular formula is C12H22N2O3. The van der Waals surface area contributed by atoms with Gasteiger partial charge >= 0.3 is 5.97 Å². The van der Waals surface area contributed by atoms with Crippen LogP contribution in [0.2, 0.25) is 0 Å². The summed E-state index contributed by atoms with van der Waals surface area (Å²) < 4.78 is 5.73. The normalized spacial score (nSPS) is 26.4. The maximum absolute atomic E-state index is 10.6. The molecule has 5 heteroatoms. The van der Waals surface area contributed by atoms with Crippen molar-refractivity contribution in [2.75, 3.05) is 39.8 Å². The first-order valence-corrected chi connectivity index (χ1v) is 6.41. The molecule has 0 aromatic rings. The highest BCUT2D eigenvalue weighted by Gasteiger charge is 2.31. The number of ether oxygens (including phenoxy) is 1. The molecule has 1 aliphatic carbocycles. The lowest BCUT2D eigenvalue weighted by atomic mass is 10.2. The number of likely N-dealkylation sites (N-methyl/N-ethyl adjacent to an activating group) is 1. The Morgan fingerprint density at radius 1 is 1.53 bits per heavy atom. The molecule has 2 aliphatic rings. The molecular weight excluding hydrogens is 220 g/mol. The van der Waals surface area contributed by atoms with Crippen LogP contribution in [-0.2, 0) is 9.53 Å². The summed E-state index contributed by atoms with van der Waals surface area (Å²) in [5, 5.41) is 8.75. The van der Waals surface area contributed by atoms with Gasteiger partial charge in [0, 0.05) is 32.2 Å². The van der Waals surface area contributed by atoms with Crippen LogP contribution in [0.5, 0.6) is 0 Å². The van der Waals surface area contributed by atoms with Crippen molar-refractivity contribution in [1.29, 1.82) is 0 Å². The van der Waals surface area contributed by atoms with Crippen LogP contribution in [0, 0.1) is 0 Å². The summed E-state index contributed by atoms with van der Waals surface area (Å²) in [6, 6.07) is 0.602. The fourth-order valence-corrected chi connectivity index (χ4v) is 2.34. The van der Waals surface area contributed by atoms with Crippen LogP contribution >= 0.6 is 0 Å². The molecule has 1 N–H and O–H groups in total. The van der Waals surface area contributed by atoms with E-state index < -0.39 is 5.97 Å². The van der Waals surface area contributed by atoms with Gasteiger partial charge in [-0.3, -0.25) is 9.69 Å². The molecule has 0 aromatic heterocycles. The van der Waals surface area contributed by atoms with E-state index >= 15 is 0 Å². The van der Waals surface area contributed by atoms with Gasteiger partial charge in [-0.1, -0.05) is 0 Å². The van der Waals surface area contributed by atoms with Crippen molar-refractivity contribution < 1.29 is 14.6 Å². The average Bonchev–Trinajstić information content (AvgIpc) is 3.07. The van der Waals surface area contributed by atoms with E-state index in [0.29, 0.717) is 12.6 Å². The number of aliphatic carboxylic acids is 1. The van der Waals surface area contributed by atoms with E-state index in [-0.39, 0.29) is 12.5 Å². The van der Waals surface area contributed by atoms with Crippen LogP contribution in [0.1, 0.15) is 19.3 Å². The first-order chi connectivity index (χ1) is 8.15. The molecule has 2 fully saturated rings. The second-order valence-electron chi connectivity index (χ2n) is 5.12. The largest absolute Gasteiger partial charge is 0.481 e. The van der Waals surface area contributed by atoms with Gasteiger partial charge in [-0.05, 0) is 19.9 Å². The van der Waals surface area contributed by atoms with Crippen LogP contribution < -0.4 is 0 Å². The van der Waals surface area contributed by atoms with Crippen molar-refractivity contribution in [2.24, 2.45) is 0 Å². The molecule has 2 rings (SSSR count). The summed E-state index contributed by atoms with van der Waals surface area (Å²) in [5.41, 5.74) is 0. The maximum atomic E-state index is 10.6. The average molecular weight is 242 g/mol. The highest BCUT2D eigenvalue weighted by Crippen LogP contribution is 2.27. The number of carboxylic acid groups (broad SMARTS) is 1.